The summed E-state index contributed by atoms with van der Waals surface area (Å²) < 4.78 is 13.0. The Hall–Kier alpha value is -0.890. The third kappa shape index (κ3) is 4.12. The Morgan fingerprint density at radius 2 is 2.12 bits per heavy atom. The van der Waals surface area contributed by atoms with Gasteiger partial charge in [0.15, 0.2) is 0 Å². The molecule has 1 aliphatic rings. The van der Waals surface area contributed by atoms with Gasteiger partial charge in [-0.05, 0) is 56.3 Å². The Bertz CT molecular complexity index is 345. The van der Waals surface area contributed by atoms with E-state index in [4.69, 9.17) is 0 Å². The van der Waals surface area contributed by atoms with Crippen LogP contribution in [-0.4, -0.2) is 12.6 Å². The van der Waals surface area contributed by atoms with Crippen molar-refractivity contribution in [2.45, 2.75) is 45.1 Å². The van der Waals surface area contributed by atoms with Crippen LogP contribution in [0.5, 0.6) is 0 Å². The number of benzene rings is 1. The first-order chi connectivity index (χ1) is 8.24. The maximum Gasteiger partial charge on any atom is 0.123 e. The van der Waals surface area contributed by atoms with Gasteiger partial charge in [0, 0.05) is 6.04 Å². The van der Waals surface area contributed by atoms with Gasteiger partial charge in [-0.3, -0.25) is 0 Å². The molecular weight excluding hydrogens is 213 g/mol. The van der Waals surface area contributed by atoms with Crippen molar-refractivity contribution in [1.29, 1.82) is 0 Å². The summed E-state index contributed by atoms with van der Waals surface area (Å²) in [6.45, 7) is 3.30. The van der Waals surface area contributed by atoms with Crippen molar-refractivity contribution in [3.05, 3.63) is 35.6 Å². The van der Waals surface area contributed by atoms with Crippen LogP contribution in [0, 0.1) is 11.7 Å². The first-order valence-corrected chi connectivity index (χ1v) is 6.72. The second-order valence-electron chi connectivity index (χ2n) is 5.29. The lowest BCUT2D eigenvalue weighted by Crippen LogP contribution is -2.32. The van der Waals surface area contributed by atoms with Gasteiger partial charge in [0.2, 0.25) is 0 Å². The summed E-state index contributed by atoms with van der Waals surface area (Å²) in [6.07, 6.45) is 6.44. The van der Waals surface area contributed by atoms with Crippen LogP contribution in [0.25, 0.3) is 0 Å². The Balaban J connectivity index is 1.74. The molecule has 2 rings (SSSR count). The maximum atomic E-state index is 13.0. The van der Waals surface area contributed by atoms with Crippen molar-refractivity contribution in [2.24, 2.45) is 5.92 Å². The summed E-state index contributed by atoms with van der Waals surface area (Å²) in [5.74, 6) is 0.732. The fourth-order valence-corrected chi connectivity index (χ4v) is 2.67. The lowest BCUT2D eigenvalue weighted by molar-refractivity contribution is 0.443. The van der Waals surface area contributed by atoms with Crippen LogP contribution in [0.4, 0.5) is 4.39 Å². The quantitative estimate of drug-likeness (QED) is 0.823. The number of nitrogens with one attached hydrogen (secondary N) is 1. The standard InChI is InChI=1S/C15H22FN/c1-12(17-11-13-5-2-3-6-13)9-14-7-4-8-15(16)10-14/h4,7-8,10,12-13,17H,2-3,5-6,9,11H2,1H3. The molecule has 2 heteroatoms. The highest BCUT2D eigenvalue weighted by atomic mass is 19.1. The zero-order valence-corrected chi connectivity index (χ0v) is 10.6. The lowest BCUT2D eigenvalue weighted by atomic mass is 10.0. The molecule has 1 unspecified atom stereocenters. The third-order valence-corrected chi connectivity index (χ3v) is 3.66. The maximum absolute atomic E-state index is 13.0. The third-order valence-electron chi connectivity index (χ3n) is 3.66. The molecule has 1 atom stereocenters. The fourth-order valence-electron chi connectivity index (χ4n) is 2.67. The predicted molar refractivity (Wildman–Crippen MR) is 69.5 cm³/mol. The molecule has 1 nitrogen and oxygen atoms in total. The van der Waals surface area contributed by atoms with Crippen LogP contribution >= 0.6 is 0 Å². The van der Waals surface area contributed by atoms with E-state index in [1.165, 1.54) is 31.7 Å². The molecule has 1 saturated carbocycles. The first-order valence-electron chi connectivity index (χ1n) is 6.72. The molecule has 0 spiro atoms. The van der Waals surface area contributed by atoms with Crippen LogP contribution in [0.3, 0.4) is 0 Å². The van der Waals surface area contributed by atoms with Crippen LogP contribution in [0.2, 0.25) is 0 Å². The smallest absolute Gasteiger partial charge is 0.123 e. The highest BCUT2D eigenvalue weighted by Gasteiger charge is 2.15. The summed E-state index contributed by atoms with van der Waals surface area (Å²) >= 11 is 0. The average Bonchev–Trinajstić information content (AvgIpc) is 2.79. The molecule has 1 aliphatic carbocycles. The Morgan fingerprint density at radius 3 is 2.82 bits per heavy atom. The van der Waals surface area contributed by atoms with Crippen molar-refractivity contribution in [3.8, 4) is 0 Å². The number of rotatable bonds is 5. The predicted octanol–water partition coefficient (Wildman–Crippen LogP) is 3.54. The van der Waals surface area contributed by atoms with E-state index in [1.54, 1.807) is 12.1 Å². The van der Waals surface area contributed by atoms with E-state index in [0.29, 0.717) is 6.04 Å². The van der Waals surface area contributed by atoms with Crippen LogP contribution < -0.4 is 5.32 Å². The molecule has 0 bridgehead atoms. The second-order valence-corrected chi connectivity index (χ2v) is 5.29. The van der Waals surface area contributed by atoms with Gasteiger partial charge in [-0.1, -0.05) is 25.0 Å². The van der Waals surface area contributed by atoms with Crippen LogP contribution in [0.15, 0.2) is 24.3 Å². The average molecular weight is 235 g/mol. The molecule has 0 amide bonds. The lowest BCUT2D eigenvalue weighted by Gasteiger charge is -2.17. The van der Waals surface area contributed by atoms with Gasteiger partial charge in [-0.15, -0.1) is 0 Å². The van der Waals surface area contributed by atoms with E-state index >= 15 is 0 Å². The summed E-state index contributed by atoms with van der Waals surface area (Å²) in [4.78, 5) is 0. The molecule has 1 aromatic rings. The van der Waals surface area contributed by atoms with Gasteiger partial charge < -0.3 is 5.32 Å². The van der Waals surface area contributed by atoms with E-state index in [0.717, 1.165) is 24.4 Å². The molecule has 17 heavy (non-hydrogen) atoms. The molecular formula is C15H22FN. The highest BCUT2D eigenvalue weighted by molar-refractivity contribution is 5.17. The number of hydrogen-bond acceptors (Lipinski definition) is 1. The van der Waals surface area contributed by atoms with Crippen LogP contribution in [-0.2, 0) is 6.42 Å². The topological polar surface area (TPSA) is 12.0 Å². The molecule has 0 radical (unpaired) electrons. The molecule has 0 aromatic heterocycles. The van der Waals surface area contributed by atoms with E-state index in [-0.39, 0.29) is 5.82 Å². The minimum absolute atomic E-state index is 0.134. The van der Waals surface area contributed by atoms with Gasteiger partial charge in [-0.2, -0.15) is 0 Å². The molecule has 0 aliphatic heterocycles. The van der Waals surface area contributed by atoms with Crippen LogP contribution in [0.1, 0.15) is 38.2 Å². The van der Waals surface area contributed by atoms with Gasteiger partial charge in [-0.25, -0.2) is 4.39 Å². The van der Waals surface area contributed by atoms with Gasteiger partial charge in [0.1, 0.15) is 5.82 Å². The summed E-state index contributed by atoms with van der Waals surface area (Å²) in [6, 6.07) is 7.34. The van der Waals surface area contributed by atoms with E-state index in [1.807, 2.05) is 6.07 Å². The largest absolute Gasteiger partial charge is 0.314 e. The second kappa shape index (κ2) is 6.15. The van der Waals surface area contributed by atoms with Gasteiger partial charge >= 0.3 is 0 Å². The fraction of sp³-hybridized carbons (Fsp3) is 0.600. The zero-order valence-electron chi connectivity index (χ0n) is 10.6. The minimum atomic E-state index is -0.134. The van der Waals surface area contributed by atoms with Gasteiger partial charge in [0.05, 0.1) is 0 Å². The Labute approximate surface area is 103 Å². The summed E-state index contributed by atoms with van der Waals surface area (Å²) in [7, 11) is 0. The Kier molecular flexibility index (Phi) is 4.55. The summed E-state index contributed by atoms with van der Waals surface area (Å²) in [5.41, 5.74) is 1.08. The molecule has 1 N–H and O–H groups in total. The first kappa shape index (κ1) is 12.6. The minimum Gasteiger partial charge on any atom is -0.314 e. The SMILES string of the molecule is CC(Cc1cccc(F)c1)NCC1CCCC1. The van der Waals surface area contributed by atoms with E-state index < -0.39 is 0 Å². The van der Waals surface area contributed by atoms with Crippen molar-refractivity contribution in [3.63, 3.8) is 0 Å². The molecule has 94 valence electrons. The monoisotopic (exact) mass is 235 g/mol. The van der Waals surface area contributed by atoms with E-state index in [9.17, 15) is 4.39 Å². The molecule has 0 heterocycles. The summed E-state index contributed by atoms with van der Waals surface area (Å²) in [5, 5.41) is 3.57. The molecule has 1 fully saturated rings. The van der Waals surface area contributed by atoms with Crippen molar-refractivity contribution >= 4 is 0 Å². The van der Waals surface area contributed by atoms with Crippen molar-refractivity contribution in [2.75, 3.05) is 6.54 Å². The number of halogens is 1. The Morgan fingerprint density at radius 1 is 1.35 bits per heavy atom. The zero-order chi connectivity index (χ0) is 12.1. The van der Waals surface area contributed by atoms with Gasteiger partial charge in [0.25, 0.3) is 0 Å². The molecule has 0 saturated heterocycles. The highest BCUT2D eigenvalue weighted by Crippen LogP contribution is 2.23. The van der Waals surface area contributed by atoms with E-state index in [2.05, 4.69) is 12.2 Å². The van der Waals surface area contributed by atoms with Crippen molar-refractivity contribution < 1.29 is 4.39 Å². The normalized spacial score (nSPS) is 18.5. The van der Waals surface area contributed by atoms with Crippen molar-refractivity contribution in [1.82, 2.24) is 5.32 Å². The number of hydrogen-bond donors (Lipinski definition) is 1. The molecule has 1 aromatic carbocycles.